The molecule has 0 aliphatic rings. The van der Waals surface area contributed by atoms with Crippen molar-refractivity contribution in [2.75, 3.05) is 6.54 Å². The Morgan fingerprint density at radius 2 is 2.05 bits per heavy atom. The highest BCUT2D eigenvalue weighted by atomic mass is 32.1. The maximum absolute atomic E-state index is 13.6. The molecule has 0 atom stereocenters. The van der Waals surface area contributed by atoms with Gasteiger partial charge in [0, 0.05) is 15.8 Å². The molecule has 0 bridgehead atoms. The van der Waals surface area contributed by atoms with Gasteiger partial charge in [-0.05, 0) is 68.6 Å². The molecule has 0 saturated carbocycles. The fourth-order valence-electron chi connectivity index (χ4n) is 2.70. The molecule has 0 fully saturated rings. The van der Waals surface area contributed by atoms with Crippen LogP contribution >= 0.6 is 11.3 Å². The van der Waals surface area contributed by atoms with E-state index in [0.717, 1.165) is 35.9 Å². The van der Waals surface area contributed by atoms with Crippen LogP contribution in [-0.4, -0.2) is 11.5 Å². The molecule has 110 valence electrons. The quantitative estimate of drug-likeness (QED) is 0.663. The predicted molar refractivity (Wildman–Crippen MR) is 88.3 cm³/mol. The van der Waals surface area contributed by atoms with Crippen LogP contribution < -0.4 is 5.73 Å². The third kappa shape index (κ3) is 2.87. The predicted octanol–water partition coefficient (Wildman–Crippen LogP) is 4.63. The van der Waals surface area contributed by atoms with Crippen molar-refractivity contribution in [2.24, 2.45) is 5.73 Å². The summed E-state index contributed by atoms with van der Waals surface area (Å²) in [5, 5.41) is 0.994. The van der Waals surface area contributed by atoms with E-state index in [9.17, 15) is 4.39 Å². The van der Waals surface area contributed by atoms with Crippen molar-refractivity contribution in [2.45, 2.75) is 26.2 Å². The van der Waals surface area contributed by atoms with E-state index in [0.29, 0.717) is 6.54 Å². The van der Waals surface area contributed by atoms with Crippen molar-refractivity contribution >= 4 is 22.2 Å². The molecule has 0 unspecified atom stereocenters. The number of nitrogens with two attached hydrogens (primary N) is 1. The highest BCUT2D eigenvalue weighted by Crippen LogP contribution is 2.35. The van der Waals surface area contributed by atoms with Crippen LogP contribution in [0.2, 0.25) is 0 Å². The Kier molecular flexibility index (Phi) is 4.08. The molecule has 0 amide bonds. The van der Waals surface area contributed by atoms with Gasteiger partial charge in [0.2, 0.25) is 0 Å². The zero-order chi connectivity index (χ0) is 14.8. The molecule has 0 radical (unpaired) electrons. The van der Waals surface area contributed by atoms with E-state index < -0.39 is 0 Å². The summed E-state index contributed by atoms with van der Waals surface area (Å²) in [5.41, 5.74) is 8.93. The third-order valence-corrected chi connectivity index (χ3v) is 4.75. The molecule has 4 heteroatoms. The van der Waals surface area contributed by atoms with Gasteiger partial charge in [0.05, 0.1) is 10.6 Å². The van der Waals surface area contributed by atoms with Gasteiger partial charge in [-0.25, -0.2) is 4.39 Å². The summed E-state index contributed by atoms with van der Waals surface area (Å²) in [6.45, 7) is 2.80. The fourth-order valence-corrected chi connectivity index (χ4v) is 3.60. The molecule has 0 spiro atoms. The minimum absolute atomic E-state index is 0.185. The normalized spacial score (nSPS) is 11.4. The first-order chi connectivity index (χ1) is 10.2. The van der Waals surface area contributed by atoms with Gasteiger partial charge in [-0.15, -0.1) is 11.3 Å². The van der Waals surface area contributed by atoms with E-state index in [4.69, 9.17) is 5.73 Å². The Balaban J connectivity index is 2.10. The second kappa shape index (κ2) is 6.00. The van der Waals surface area contributed by atoms with Gasteiger partial charge in [-0.2, -0.15) is 0 Å². The van der Waals surface area contributed by atoms with Gasteiger partial charge >= 0.3 is 0 Å². The molecule has 3 N–H and O–H groups in total. The van der Waals surface area contributed by atoms with Gasteiger partial charge in [0.25, 0.3) is 0 Å². The van der Waals surface area contributed by atoms with Gasteiger partial charge in [0.15, 0.2) is 0 Å². The molecule has 3 aromatic rings. The molecule has 2 heterocycles. The summed E-state index contributed by atoms with van der Waals surface area (Å²) in [4.78, 5) is 5.96. The first-order valence-electron chi connectivity index (χ1n) is 7.26. The van der Waals surface area contributed by atoms with Crippen LogP contribution in [0.25, 0.3) is 21.5 Å². The molecule has 0 aliphatic heterocycles. The van der Waals surface area contributed by atoms with Gasteiger partial charge < -0.3 is 10.7 Å². The van der Waals surface area contributed by atoms with Crippen LogP contribution in [0.15, 0.2) is 30.3 Å². The number of aromatic nitrogens is 1. The van der Waals surface area contributed by atoms with Gasteiger partial charge in [-0.3, -0.25) is 0 Å². The zero-order valence-corrected chi connectivity index (χ0v) is 12.9. The number of thiophene rings is 1. The first-order valence-corrected chi connectivity index (χ1v) is 8.07. The number of unbranched alkanes of at least 4 members (excludes halogenated alkanes) is 1. The van der Waals surface area contributed by atoms with Gasteiger partial charge in [0.1, 0.15) is 5.82 Å². The average molecular weight is 302 g/mol. The van der Waals surface area contributed by atoms with Crippen molar-refractivity contribution in [3.8, 4) is 10.6 Å². The molecule has 0 saturated heterocycles. The third-order valence-electron chi connectivity index (χ3n) is 3.74. The molecule has 1 aromatic carbocycles. The Bertz CT molecular complexity index is 757. The largest absolute Gasteiger partial charge is 0.354 e. The van der Waals surface area contributed by atoms with Crippen LogP contribution in [0, 0.1) is 12.7 Å². The lowest BCUT2D eigenvalue weighted by atomic mass is 10.0. The Labute approximate surface area is 127 Å². The summed E-state index contributed by atoms with van der Waals surface area (Å²) < 4.78 is 13.6. The summed E-state index contributed by atoms with van der Waals surface area (Å²) in [6, 6.07) is 9.21. The molecule has 3 rings (SSSR count). The highest BCUT2D eigenvalue weighted by Gasteiger charge is 2.14. The summed E-state index contributed by atoms with van der Waals surface area (Å²) in [6.07, 6.45) is 2.94. The molecule has 21 heavy (non-hydrogen) atoms. The van der Waals surface area contributed by atoms with E-state index in [1.54, 1.807) is 17.4 Å². The average Bonchev–Trinajstić information content (AvgIpc) is 3.03. The van der Waals surface area contributed by atoms with E-state index >= 15 is 0 Å². The van der Waals surface area contributed by atoms with E-state index in [1.807, 2.05) is 6.07 Å². The lowest BCUT2D eigenvalue weighted by molar-refractivity contribution is 0.629. The smallest absolute Gasteiger partial charge is 0.123 e. The topological polar surface area (TPSA) is 41.8 Å². The van der Waals surface area contributed by atoms with Crippen LogP contribution in [-0.2, 0) is 6.42 Å². The zero-order valence-electron chi connectivity index (χ0n) is 12.1. The van der Waals surface area contributed by atoms with Crippen molar-refractivity contribution in [3.63, 3.8) is 0 Å². The molecule has 0 aliphatic carbocycles. The molecule has 2 nitrogen and oxygen atoms in total. The second-order valence-corrected chi connectivity index (χ2v) is 6.61. The van der Waals surface area contributed by atoms with Crippen molar-refractivity contribution in [3.05, 3.63) is 46.6 Å². The van der Waals surface area contributed by atoms with Crippen molar-refractivity contribution in [1.29, 1.82) is 0 Å². The maximum atomic E-state index is 13.6. The number of nitrogens with one attached hydrogen (secondary N) is 1. The maximum Gasteiger partial charge on any atom is 0.123 e. The number of hydrogen-bond donors (Lipinski definition) is 2. The number of benzene rings is 1. The number of halogens is 1. The van der Waals surface area contributed by atoms with Crippen LogP contribution in [0.1, 0.15) is 23.3 Å². The summed E-state index contributed by atoms with van der Waals surface area (Å²) >= 11 is 1.76. The SMILES string of the molecule is Cc1ccc(-c2[nH]c3ccc(F)cc3c2CCCCN)s1. The monoisotopic (exact) mass is 302 g/mol. The standard InChI is InChI=1S/C17H19FN2S/c1-11-5-8-16(21-11)17-13(4-2-3-9-19)14-10-12(18)6-7-15(14)20-17/h5-8,10,20H,2-4,9,19H2,1H3. The van der Waals surface area contributed by atoms with Crippen molar-refractivity contribution < 1.29 is 4.39 Å². The fraction of sp³-hybridized carbons (Fsp3) is 0.294. The number of fused-ring (bicyclic) bond motifs is 1. The van der Waals surface area contributed by atoms with E-state index in [-0.39, 0.29) is 5.82 Å². The van der Waals surface area contributed by atoms with E-state index in [2.05, 4.69) is 24.0 Å². The first kappa shape index (κ1) is 14.3. The number of H-pyrrole nitrogens is 1. The molecule has 2 aromatic heterocycles. The van der Waals surface area contributed by atoms with E-state index in [1.165, 1.54) is 21.4 Å². The second-order valence-electron chi connectivity index (χ2n) is 5.32. The Morgan fingerprint density at radius 3 is 2.76 bits per heavy atom. The lowest BCUT2D eigenvalue weighted by Gasteiger charge is -2.03. The minimum Gasteiger partial charge on any atom is -0.354 e. The number of rotatable bonds is 5. The molecular formula is C17H19FN2S. The van der Waals surface area contributed by atoms with Crippen molar-refractivity contribution in [1.82, 2.24) is 4.98 Å². The lowest BCUT2D eigenvalue weighted by Crippen LogP contribution is -1.99. The summed E-state index contributed by atoms with van der Waals surface area (Å²) in [7, 11) is 0. The highest BCUT2D eigenvalue weighted by molar-refractivity contribution is 7.15. The minimum atomic E-state index is -0.185. The Morgan fingerprint density at radius 1 is 1.19 bits per heavy atom. The summed E-state index contributed by atoms with van der Waals surface area (Å²) in [5.74, 6) is -0.185. The Hall–Kier alpha value is -1.65. The molecular weight excluding hydrogens is 283 g/mol. The number of hydrogen-bond acceptors (Lipinski definition) is 2. The van der Waals surface area contributed by atoms with Crippen LogP contribution in [0.4, 0.5) is 4.39 Å². The van der Waals surface area contributed by atoms with Crippen LogP contribution in [0.3, 0.4) is 0 Å². The van der Waals surface area contributed by atoms with Crippen LogP contribution in [0.5, 0.6) is 0 Å². The number of aromatic amines is 1. The van der Waals surface area contributed by atoms with Gasteiger partial charge in [-0.1, -0.05) is 0 Å². The number of aryl methyl sites for hydroxylation is 2.